The normalized spacial score (nSPS) is 22.9. The molecule has 0 spiro atoms. The third-order valence-electron chi connectivity index (χ3n) is 3.07. The van der Waals surface area contributed by atoms with Gasteiger partial charge in [0.15, 0.2) is 0 Å². The van der Waals surface area contributed by atoms with Crippen LogP contribution < -0.4 is 11.1 Å². The molecule has 1 saturated carbocycles. The molecule has 0 bridgehead atoms. The summed E-state index contributed by atoms with van der Waals surface area (Å²) in [7, 11) is 0. The molecule has 4 nitrogen and oxygen atoms in total. The van der Waals surface area contributed by atoms with E-state index in [0.29, 0.717) is 17.0 Å². The van der Waals surface area contributed by atoms with Gasteiger partial charge in [-0.25, -0.2) is 9.97 Å². The minimum Gasteiger partial charge on any atom is -0.388 e. The lowest BCUT2D eigenvalue weighted by Crippen LogP contribution is -2.27. The Morgan fingerprint density at radius 1 is 1.50 bits per heavy atom. The van der Waals surface area contributed by atoms with Gasteiger partial charge >= 0.3 is 0 Å². The Morgan fingerprint density at radius 3 is 2.94 bits per heavy atom. The molecule has 1 fully saturated rings. The molecule has 1 aromatic rings. The summed E-state index contributed by atoms with van der Waals surface area (Å²) in [4.78, 5) is 8.79. The van der Waals surface area contributed by atoms with E-state index >= 15 is 0 Å². The Hall–Kier alpha value is -0.880. The minimum atomic E-state index is 0.286. The SMILES string of the molecule is CCSC1CCCC1Nc1cnc(C(N)=S)cn1. The predicted molar refractivity (Wildman–Crippen MR) is 81.1 cm³/mol. The van der Waals surface area contributed by atoms with E-state index in [1.165, 1.54) is 19.3 Å². The zero-order valence-electron chi connectivity index (χ0n) is 10.4. The maximum absolute atomic E-state index is 5.49. The Kier molecular flexibility index (Phi) is 4.77. The molecule has 2 unspecified atom stereocenters. The number of nitrogens with one attached hydrogen (secondary N) is 1. The monoisotopic (exact) mass is 282 g/mol. The van der Waals surface area contributed by atoms with Crippen LogP contribution in [0.2, 0.25) is 0 Å². The van der Waals surface area contributed by atoms with Gasteiger partial charge < -0.3 is 11.1 Å². The number of nitrogens with two attached hydrogens (primary N) is 1. The van der Waals surface area contributed by atoms with Crippen molar-refractivity contribution in [2.75, 3.05) is 11.1 Å². The van der Waals surface area contributed by atoms with Crippen LogP contribution in [0.25, 0.3) is 0 Å². The second-order valence-electron chi connectivity index (χ2n) is 4.33. The van der Waals surface area contributed by atoms with Crippen molar-refractivity contribution in [3.05, 3.63) is 18.1 Å². The lowest BCUT2D eigenvalue weighted by Gasteiger charge is -2.20. The van der Waals surface area contributed by atoms with Crippen LogP contribution in [0.3, 0.4) is 0 Å². The van der Waals surface area contributed by atoms with E-state index in [0.717, 1.165) is 11.6 Å². The minimum absolute atomic E-state index is 0.286. The van der Waals surface area contributed by atoms with Gasteiger partial charge in [-0.1, -0.05) is 25.6 Å². The van der Waals surface area contributed by atoms with E-state index in [1.807, 2.05) is 11.8 Å². The summed E-state index contributed by atoms with van der Waals surface area (Å²) in [5, 5.41) is 4.15. The van der Waals surface area contributed by atoms with Crippen LogP contribution in [0.4, 0.5) is 5.82 Å². The largest absolute Gasteiger partial charge is 0.388 e. The molecule has 2 rings (SSSR count). The lowest BCUT2D eigenvalue weighted by molar-refractivity contribution is 0.761. The van der Waals surface area contributed by atoms with Crippen molar-refractivity contribution in [3.63, 3.8) is 0 Å². The zero-order chi connectivity index (χ0) is 13.0. The fourth-order valence-corrected chi connectivity index (χ4v) is 3.53. The van der Waals surface area contributed by atoms with Crippen LogP contribution in [0.1, 0.15) is 31.9 Å². The number of anilines is 1. The maximum Gasteiger partial charge on any atom is 0.144 e. The number of hydrogen-bond acceptors (Lipinski definition) is 5. The van der Waals surface area contributed by atoms with Crippen molar-refractivity contribution >= 4 is 34.8 Å². The molecular weight excluding hydrogens is 264 g/mol. The second-order valence-corrected chi connectivity index (χ2v) is 6.28. The molecule has 1 heterocycles. The molecule has 0 amide bonds. The van der Waals surface area contributed by atoms with Crippen molar-refractivity contribution < 1.29 is 0 Å². The molecule has 1 aromatic heterocycles. The summed E-state index contributed by atoms with van der Waals surface area (Å²) in [6.45, 7) is 2.21. The van der Waals surface area contributed by atoms with E-state index in [-0.39, 0.29) is 4.99 Å². The molecule has 3 N–H and O–H groups in total. The average molecular weight is 282 g/mol. The molecule has 0 aromatic carbocycles. The quantitative estimate of drug-likeness (QED) is 0.807. The van der Waals surface area contributed by atoms with E-state index in [1.54, 1.807) is 12.4 Å². The van der Waals surface area contributed by atoms with Crippen molar-refractivity contribution in [2.45, 2.75) is 37.5 Å². The van der Waals surface area contributed by atoms with Crippen LogP contribution in [0.15, 0.2) is 12.4 Å². The molecule has 0 saturated heterocycles. The fourth-order valence-electron chi connectivity index (χ4n) is 2.22. The predicted octanol–water partition coefficient (Wildman–Crippen LogP) is 2.20. The summed E-state index contributed by atoms with van der Waals surface area (Å²) < 4.78 is 0. The number of thioether (sulfide) groups is 1. The summed E-state index contributed by atoms with van der Waals surface area (Å²) in [5.74, 6) is 1.97. The number of rotatable bonds is 5. The van der Waals surface area contributed by atoms with Crippen molar-refractivity contribution in [1.29, 1.82) is 0 Å². The molecule has 0 aliphatic heterocycles. The van der Waals surface area contributed by atoms with Crippen LogP contribution in [0.5, 0.6) is 0 Å². The van der Waals surface area contributed by atoms with Gasteiger partial charge in [0.05, 0.1) is 12.4 Å². The molecular formula is C12H18N4S2. The molecule has 6 heteroatoms. The van der Waals surface area contributed by atoms with Crippen molar-refractivity contribution in [2.24, 2.45) is 5.73 Å². The highest BCUT2D eigenvalue weighted by molar-refractivity contribution is 7.99. The lowest BCUT2D eigenvalue weighted by atomic mass is 10.2. The van der Waals surface area contributed by atoms with Gasteiger partial charge in [0.1, 0.15) is 16.5 Å². The van der Waals surface area contributed by atoms with Crippen LogP contribution in [-0.4, -0.2) is 32.0 Å². The van der Waals surface area contributed by atoms with Crippen molar-refractivity contribution in [1.82, 2.24) is 9.97 Å². The first-order chi connectivity index (χ1) is 8.70. The average Bonchev–Trinajstić information content (AvgIpc) is 2.78. The zero-order valence-corrected chi connectivity index (χ0v) is 12.1. The molecule has 18 heavy (non-hydrogen) atoms. The standard InChI is InChI=1S/C12H18N4S2/c1-2-18-10-5-3-4-8(10)16-11-7-14-9(6-15-11)12(13)17/h6-8,10H,2-5H2,1H3,(H2,13,17)(H,15,16). The van der Waals surface area contributed by atoms with Crippen LogP contribution in [-0.2, 0) is 0 Å². The topological polar surface area (TPSA) is 63.8 Å². The number of aromatic nitrogens is 2. The number of thiocarbonyl (C=S) groups is 1. The number of hydrogen-bond donors (Lipinski definition) is 2. The van der Waals surface area contributed by atoms with Gasteiger partial charge in [-0.05, 0) is 18.6 Å². The summed E-state index contributed by atoms with van der Waals surface area (Å²) in [6.07, 6.45) is 7.11. The van der Waals surface area contributed by atoms with Crippen molar-refractivity contribution in [3.8, 4) is 0 Å². The van der Waals surface area contributed by atoms with E-state index in [9.17, 15) is 0 Å². The second kappa shape index (κ2) is 6.33. The molecule has 0 radical (unpaired) electrons. The summed E-state index contributed by atoms with van der Waals surface area (Å²) >= 11 is 6.88. The molecule has 2 atom stereocenters. The number of nitrogens with zero attached hydrogens (tertiary/aromatic N) is 2. The smallest absolute Gasteiger partial charge is 0.144 e. The fraction of sp³-hybridized carbons (Fsp3) is 0.583. The first kappa shape index (κ1) is 13.5. The Morgan fingerprint density at radius 2 is 2.33 bits per heavy atom. The highest BCUT2D eigenvalue weighted by Gasteiger charge is 2.27. The maximum atomic E-state index is 5.49. The summed E-state index contributed by atoms with van der Waals surface area (Å²) in [6, 6.07) is 0.500. The van der Waals surface area contributed by atoms with Gasteiger partial charge in [-0.2, -0.15) is 11.8 Å². The highest BCUT2D eigenvalue weighted by atomic mass is 32.2. The highest BCUT2D eigenvalue weighted by Crippen LogP contribution is 2.31. The third-order valence-corrected chi connectivity index (χ3v) is 4.61. The van der Waals surface area contributed by atoms with Crippen LogP contribution in [0, 0.1) is 0 Å². The third kappa shape index (κ3) is 3.32. The first-order valence-electron chi connectivity index (χ1n) is 6.20. The first-order valence-corrected chi connectivity index (χ1v) is 7.66. The van der Waals surface area contributed by atoms with Gasteiger partial charge in [-0.15, -0.1) is 0 Å². The van der Waals surface area contributed by atoms with Crippen LogP contribution >= 0.6 is 24.0 Å². The molecule has 1 aliphatic carbocycles. The van der Waals surface area contributed by atoms with Gasteiger partial charge in [-0.3, -0.25) is 0 Å². The Balaban J connectivity index is 1.98. The Labute approximate surface area is 117 Å². The van der Waals surface area contributed by atoms with Gasteiger partial charge in [0.25, 0.3) is 0 Å². The van der Waals surface area contributed by atoms with Gasteiger partial charge in [0.2, 0.25) is 0 Å². The van der Waals surface area contributed by atoms with E-state index in [4.69, 9.17) is 18.0 Å². The van der Waals surface area contributed by atoms with E-state index < -0.39 is 0 Å². The molecule has 98 valence electrons. The summed E-state index contributed by atoms with van der Waals surface area (Å²) in [5.41, 5.74) is 6.07. The van der Waals surface area contributed by atoms with E-state index in [2.05, 4.69) is 22.2 Å². The Bertz CT molecular complexity index is 407. The molecule has 1 aliphatic rings. The van der Waals surface area contributed by atoms with Gasteiger partial charge in [0, 0.05) is 11.3 Å².